The number of amides is 1. The third-order valence-electron chi connectivity index (χ3n) is 5.67. The number of hydrogen-bond donors (Lipinski definition) is 1. The Balaban J connectivity index is 1.60. The molecule has 1 unspecified atom stereocenters. The summed E-state index contributed by atoms with van der Waals surface area (Å²) in [5, 5.41) is 2.96. The van der Waals surface area contributed by atoms with Crippen molar-refractivity contribution in [3.05, 3.63) is 58.3 Å². The molecule has 1 fully saturated rings. The van der Waals surface area contributed by atoms with Crippen molar-refractivity contribution in [3.8, 4) is 0 Å². The van der Waals surface area contributed by atoms with Gasteiger partial charge in [0.25, 0.3) is 5.91 Å². The van der Waals surface area contributed by atoms with E-state index in [2.05, 4.69) is 5.32 Å². The van der Waals surface area contributed by atoms with Crippen LogP contribution in [0.4, 0.5) is 4.39 Å². The summed E-state index contributed by atoms with van der Waals surface area (Å²) in [6, 6.07) is 9.72. The van der Waals surface area contributed by atoms with Crippen molar-refractivity contribution in [1.82, 2.24) is 9.88 Å². The van der Waals surface area contributed by atoms with Crippen LogP contribution < -0.4 is 5.32 Å². The van der Waals surface area contributed by atoms with E-state index in [1.54, 1.807) is 41.2 Å². The first-order chi connectivity index (χ1) is 14.4. The summed E-state index contributed by atoms with van der Waals surface area (Å²) in [7, 11) is 1.78. The van der Waals surface area contributed by atoms with Crippen LogP contribution in [0, 0.1) is 12.7 Å². The van der Waals surface area contributed by atoms with Gasteiger partial charge < -0.3 is 14.6 Å². The molecule has 0 saturated heterocycles. The predicted molar refractivity (Wildman–Crippen MR) is 115 cm³/mol. The van der Waals surface area contributed by atoms with Gasteiger partial charge in [-0.25, -0.2) is 9.18 Å². The molecule has 1 aromatic carbocycles. The van der Waals surface area contributed by atoms with E-state index in [-0.39, 0.29) is 11.6 Å². The van der Waals surface area contributed by atoms with Gasteiger partial charge in [0.15, 0.2) is 0 Å². The number of carbonyl (C=O) groups excluding carboxylic acids is 2. The van der Waals surface area contributed by atoms with E-state index in [4.69, 9.17) is 4.74 Å². The minimum Gasteiger partial charge on any atom is -0.442 e. The number of nitrogens with zero attached hydrogens (tertiary/aromatic N) is 1. The summed E-state index contributed by atoms with van der Waals surface area (Å²) >= 11 is 1.58. The Labute approximate surface area is 178 Å². The molecule has 1 N–H and O–H groups in total. The molecule has 30 heavy (non-hydrogen) atoms. The van der Waals surface area contributed by atoms with E-state index in [1.807, 2.05) is 13.0 Å². The number of aromatic nitrogens is 1. The first-order valence-corrected chi connectivity index (χ1v) is 11.1. The van der Waals surface area contributed by atoms with Crippen LogP contribution in [0.5, 0.6) is 0 Å². The van der Waals surface area contributed by atoms with Crippen molar-refractivity contribution in [2.75, 3.05) is 0 Å². The summed E-state index contributed by atoms with van der Waals surface area (Å²) in [5.41, 5.74) is 1.33. The Hall–Kier alpha value is -2.67. The monoisotopic (exact) mass is 428 g/mol. The lowest BCUT2D eigenvalue weighted by molar-refractivity contribution is -0.131. The van der Waals surface area contributed by atoms with E-state index < -0.39 is 23.8 Å². The molecule has 1 atom stereocenters. The molecule has 1 aliphatic carbocycles. The highest BCUT2D eigenvalue weighted by Gasteiger charge is 2.31. The molecule has 0 aliphatic heterocycles. The quantitative estimate of drug-likeness (QED) is 0.580. The summed E-state index contributed by atoms with van der Waals surface area (Å²) < 4.78 is 22.8. The van der Waals surface area contributed by atoms with Gasteiger partial charge in [0.05, 0.1) is 10.2 Å². The summed E-state index contributed by atoms with van der Waals surface area (Å²) in [5.74, 6) is -1.70. The fourth-order valence-corrected chi connectivity index (χ4v) is 5.06. The molecule has 158 valence electrons. The molecule has 4 rings (SSSR count). The number of halogens is 1. The van der Waals surface area contributed by atoms with Crippen molar-refractivity contribution >= 4 is 33.4 Å². The number of thiophene rings is 1. The number of ether oxygens (including phenoxy) is 1. The molecular weight excluding hydrogens is 403 g/mol. The van der Waals surface area contributed by atoms with Crippen molar-refractivity contribution in [1.29, 1.82) is 0 Å². The van der Waals surface area contributed by atoms with Crippen molar-refractivity contribution in [2.45, 2.75) is 51.2 Å². The third kappa shape index (κ3) is 4.12. The summed E-state index contributed by atoms with van der Waals surface area (Å²) in [6.07, 6.45) is 3.69. The highest BCUT2D eigenvalue weighted by Crippen LogP contribution is 2.30. The van der Waals surface area contributed by atoms with Crippen LogP contribution in [0.15, 0.2) is 36.4 Å². The number of benzene rings is 1. The third-order valence-corrected chi connectivity index (χ3v) is 6.65. The molecule has 2 heterocycles. The summed E-state index contributed by atoms with van der Waals surface area (Å²) in [6.45, 7) is 2.01. The van der Waals surface area contributed by atoms with Crippen LogP contribution in [0.25, 0.3) is 10.2 Å². The minimum atomic E-state index is -1.34. The lowest BCUT2D eigenvalue weighted by Gasteiger charge is -2.26. The van der Waals surface area contributed by atoms with Gasteiger partial charge in [-0.1, -0.05) is 37.5 Å². The number of fused-ring (bicyclic) bond motifs is 1. The second-order valence-corrected chi connectivity index (χ2v) is 9.13. The molecule has 1 amide bonds. The van der Waals surface area contributed by atoms with Crippen molar-refractivity contribution in [2.24, 2.45) is 7.05 Å². The maximum atomic E-state index is 14.5. The standard InChI is InChI=1S/C23H25FN2O3S/c1-14-12-18-20(30-14)13-19(26(18)2)23(28)29-21(16-10-6-7-11-17(16)24)22(27)25-15-8-4-3-5-9-15/h6-7,10-13,15,21H,3-5,8-9H2,1-2H3,(H,25,27). The van der Waals surface area contributed by atoms with Gasteiger partial charge in [-0.05, 0) is 38.0 Å². The number of hydrogen-bond acceptors (Lipinski definition) is 4. The molecular formula is C23H25FN2O3S. The highest BCUT2D eigenvalue weighted by molar-refractivity contribution is 7.19. The normalized spacial score (nSPS) is 15.8. The largest absolute Gasteiger partial charge is 0.442 e. The van der Waals surface area contributed by atoms with E-state index in [1.165, 1.54) is 12.1 Å². The number of aryl methyl sites for hydroxylation is 2. The van der Waals surface area contributed by atoms with E-state index in [0.29, 0.717) is 5.69 Å². The smallest absolute Gasteiger partial charge is 0.356 e. The number of carbonyl (C=O) groups is 2. The van der Waals surface area contributed by atoms with Crippen LogP contribution >= 0.6 is 11.3 Å². The molecule has 0 spiro atoms. The van der Waals surface area contributed by atoms with Gasteiger partial charge >= 0.3 is 5.97 Å². The zero-order valence-corrected chi connectivity index (χ0v) is 17.9. The highest BCUT2D eigenvalue weighted by atomic mass is 32.1. The maximum Gasteiger partial charge on any atom is 0.356 e. The van der Waals surface area contributed by atoms with Crippen LogP contribution in [-0.4, -0.2) is 22.5 Å². The zero-order chi connectivity index (χ0) is 21.3. The van der Waals surface area contributed by atoms with Gasteiger partial charge in [-0.2, -0.15) is 0 Å². The maximum absolute atomic E-state index is 14.5. The van der Waals surface area contributed by atoms with Gasteiger partial charge in [-0.3, -0.25) is 4.79 Å². The number of esters is 1. The SMILES string of the molecule is Cc1cc2c(cc(C(=O)OC(C(=O)NC3CCCCC3)c3ccccc3F)n2C)s1. The lowest BCUT2D eigenvalue weighted by atomic mass is 9.95. The second-order valence-electron chi connectivity index (χ2n) is 7.85. The Kier molecular flexibility index (Phi) is 5.90. The molecule has 7 heteroatoms. The van der Waals surface area contributed by atoms with Gasteiger partial charge in [0, 0.05) is 23.5 Å². The lowest BCUT2D eigenvalue weighted by Crippen LogP contribution is -2.40. The Bertz CT molecular complexity index is 1080. The first-order valence-electron chi connectivity index (χ1n) is 10.3. The number of nitrogens with one attached hydrogen (secondary N) is 1. The van der Waals surface area contributed by atoms with Gasteiger partial charge in [-0.15, -0.1) is 11.3 Å². The van der Waals surface area contributed by atoms with Crippen LogP contribution in [-0.2, 0) is 16.6 Å². The average molecular weight is 429 g/mol. The molecule has 3 aromatic rings. The molecule has 2 aromatic heterocycles. The van der Waals surface area contributed by atoms with Crippen molar-refractivity contribution < 1.29 is 18.7 Å². The Morgan fingerprint density at radius 1 is 1.20 bits per heavy atom. The predicted octanol–water partition coefficient (Wildman–Crippen LogP) is 5.03. The van der Waals surface area contributed by atoms with E-state index >= 15 is 0 Å². The molecule has 5 nitrogen and oxygen atoms in total. The van der Waals surface area contributed by atoms with Crippen molar-refractivity contribution in [3.63, 3.8) is 0 Å². The summed E-state index contributed by atoms with van der Waals surface area (Å²) in [4.78, 5) is 27.1. The fraction of sp³-hybridized carbons (Fsp3) is 0.391. The molecule has 0 radical (unpaired) electrons. The number of rotatable bonds is 5. The first kappa shape index (κ1) is 20.6. The molecule has 1 saturated carbocycles. The van der Waals surface area contributed by atoms with Crippen LogP contribution in [0.1, 0.15) is 59.1 Å². The zero-order valence-electron chi connectivity index (χ0n) is 17.1. The Morgan fingerprint density at radius 2 is 1.93 bits per heavy atom. The fourth-order valence-electron chi connectivity index (χ4n) is 4.07. The molecule has 1 aliphatic rings. The van der Waals surface area contributed by atoms with Gasteiger partial charge in [0.2, 0.25) is 6.10 Å². The van der Waals surface area contributed by atoms with E-state index in [9.17, 15) is 14.0 Å². The Morgan fingerprint density at radius 3 is 2.63 bits per heavy atom. The van der Waals surface area contributed by atoms with Gasteiger partial charge in [0.1, 0.15) is 11.5 Å². The van der Waals surface area contributed by atoms with Crippen LogP contribution in [0.3, 0.4) is 0 Å². The van der Waals surface area contributed by atoms with E-state index in [0.717, 1.165) is 47.2 Å². The topological polar surface area (TPSA) is 60.3 Å². The molecule has 0 bridgehead atoms. The average Bonchev–Trinajstić information content (AvgIpc) is 3.24. The van der Waals surface area contributed by atoms with Crippen LogP contribution in [0.2, 0.25) is 0 Å². The second kappa shape index (κ2) is 8.60. The minimum absolute atomic E-state index is 0.0302.